The molecule has 0 unspecified atom stereocenters. The van der Waals surface area contributed by atoms with Crippen LogP contribution in [0.15, 0.2) is 72.0 Å². The maximum Gasteiger partial charge on any atom is 0.275 e. The van der Waals surface area contributed by atoms with Crippen molar-refractivity contribution in [3.8, 4) is 5.75 Å². The van der Waals surface area contributed by atoms with Gasteiger partial charge in [-0.15, -0.1) is 0 Å². The molecule has 0 saturated carbocycles. The van der Waals surface area contributed by atoms with Crippen LogP contribution in [0.25, 0.3) is 21.7 Å². The number of aromatic hydroxyl groups is 1. The van der Waals surface area contributed by atoms with Gasteiger partial charge >= 0.3 is 0 Å². The molecule has 0 aliphatic rings. The molecule has 0 atom stereocenters. The Bertz CT molecular complexity index is 1170. The lowest BCUT2D eigenvalue weighted by Crippen LogP contribution is -2.17. The number of nitrogens with zero attached hydrogens (tertiary/aromatic N) is 2. The van der Waals surface area contributed by atoms with E-state index in [9.17, 15) is 9.90 Å². The molecule has 0 bridgehead atoms. The molecule has 4 rings (SSSR count). The average molecular weight is 357 g/mol. The number of aromatic nitrogens is 1. The summed E-state index contributed by atoms with van der Waals surface area (Å²) >= 11 is 0. The Hall–Kier alpha value is -3.60. The number of fused-ring (bicyclic) bond motifs is 2. The monoisotopic (exact) mass is 357 g/mol. The van der Waals surface area contributed by atoms with Crippen molar-refractivity contribution >= 4 is 33.8 Å². The van der Waals surface area contributed by atoms with Crippen LogP contribution in [0.2, 0.25) is 0 Å². The van der Waals surface area contributed by atoms with Gasteiger partial charge in [-0.05, 0) is 35.9 Å². The van der Waals surface area contributed by atoms with Crippen molar-refractivity contribution in [3.05, 3.63) is 78.0 Å². The number of hydrazone groups is 1. The molecule has 0 spiro atoms. The number of aryl methyl sites for hydroxylation is 1. The molecular weight excluding hydrogens is 338 g/mol. The first-order valence-electron chi connectivity index (χ1n) is 8.80. The van der Waals surface area contributed by atoms with E-state index in [1.54, 1.807) is 18.3 Å². The van der Waals surface area contributed by atoms with Crippen molar-refractivity contribution in [2.45, 2.75) is 13.5 Å². The molecule has 2 N–H and O–H groups in total. The summed E-state index contributed by atoms with van der Waals surface area (Å²) in [6, 6.07) is 18.9. The van der Waals surface area contributed by atoms with Gasteiger partial charge in [0.2, 0.25) is 0 Å². The zero-order valence-electron chi connectivity index (χ0n) is 14.9. The number of nitrogens with one attached hydrogen (secondary N) is 1. The number of phenolic OH excluding ortho intramolecular Hbond substituents is 1. The lowest BCUT2D eigenvalue weighted by atomic mass is 10.1. The standard InChI is InChI=1S/C22H19N3O2/c1-2-25-14-17(18-9-5-6-10-20(18)25)13-23-24-22(27)19-11-15-7-3-4-8-16(15)12-21(19)26/h3-14,26H,2H2,1H3,(H,24,27). The lowest BCUT2D eigenvalue weighted by molar-refractivity contribution is 0.0952. The van der Waals surface area contributed by atoms with Gasteiger partial charge in [0.05, 0.1) is 11.8 Å². The molecule has 4 aromatic rings. The van der Waals surface area contributed by atoms with Crippen LogP contribution < -0.4 is 5.43 Å². The Morgan fingerprint density at radius 1 is 1.11 bits per heavy atom. The topological polar surface area (TPSA) is 66.6 Å². The third-order valence-electron chi connectivity index (χ3n) is 4.64. The SMILES string of the molecule is CCn1cc(C=NNC(=O)c2cc3ccccc3cc2O)c2ccccc21. The average Bonchev–Trinajstić information content (AvgIpc) is 3.05. The molecule has 1 aromatic heterocycles. The third-order valence-corrected chi connectivity index (χ3v) is 4.64. The predicted octanol–water partition coefficient (Wildman–Crippen LogP) is 4.28. The molecule has 3 aromatic carbocycles. The molecule has 0 fully saturated rings. The number of hydrogen-bond acceptors (Lipinski definition) is 3. The number of amides is 1. The highest BCUT2D eigenvalue weighted by Gasteiger charge is 2.12. The maximum atomic E-state index is 12.4. The van der Waals surface area contributed by atoms with Gasteiger partial charge in [-0.2, -0.15) is 5.10 Å². The number of carbonyl (C=O) groups is 1. The van der Waals surface area contributed by atoms with Crippen LogP contribution in [0.4, 0.5) is 0 Å². The van der Waals surface area contributed by atoms with Crippen molar-refractivity contribution in [3.63, 3.8) is 0 Å². The number of hydrogen-bond donors (Lipinski definition) is 2. The first-order valence-corrected chi connectivity index (χ1v) is 8.80. The second kappa shape index (κ2) is 6.96. The van der Waals surface area contributed by atoms with Gasteiger partial charge in [0.15, 0.2) is 0 Å². The summed E-state index contributed by atoms with van der Waals surface area (Å²) in [6.07, 6.45) is 3.64. The summed E-state index contributed by atoms with van der Waals surface area (Å²) < 4.78 is 2.13. The van der Waals surface area contributed by atoms with Crippen LogP contribution in [0, 0.1) is 0 Å². The molecule has 1 heterocycles. The summed E-state index contributed by atoms with van der Waals surface area (Å²) in [7, 11) is 0. The molecule has 0 radical (unpaired) electrons. The maximum absolute atomic E-state index is 12.4. The summed E-state index contributed by atoms with van der Waals surface area (Å²) in [4.78, 5) is 12.4. The molecular formula is C22H19N3O2. The summed E-state index contributed by atoms with van der Waals surface area (Å²) in [6.45, 7) is 2.93. The minimum Gasteiger partial charge on any atom is -0.507 e. The number of rotatable bonds is 4. The summed E-state index contributed by atoms with van der Waals surface area (Å²) in [5.41, 5.74) is 4.75. The van der Waals surface area contributed by atoms with Gasteiger partial charge in [-0.1, -0.05) is 42.5 Å². The Kier molecular flexibility index (Phi) is 4.34. The van der Waals surface area contributed by atoms with Crippen LogP contribution >= 0.6 is 0 Å². The van der Waals surface area contributed by atoms with E-state index in [1.165, 1.54) is 0 Å². The van der Waals surface area contributed by atoms with E-state index >= 15 is 0 Å². The first-order chi connectivity index (χ1) is 13.2. The Morgan fingerprint density at radius 3 is 2.59 bits per heavy atom. The normalized spacial score (nSPS) is 11.4. The smallest absolute Gasteiger partial charge is 0.275 e. The fourth-order valence-electron chi connectivity index (χ4n) is 3.27. The Morgan fingerprint density at radius 2 is 1.81 bits per heavy atom. The zero-order chi connectivity index (χ0) is 18.8. The third kappa shape index (κ3) is 3.15. The minimum atomic E-state index is -0.450. The molecule has 5 heteroatoms. The number of phenols is 1. The van der Waals surface area contributed by atoms with E-state index in [0.717, 1.165) is 33.8 Å². The summed E-state index contributed by atoms with van der Waals surface area (Å²) in [5.74, 6) is -0.516. The highest BCUT2D eigenvalue weighted by molar-refractivity contribution is 6.03. The molecule has 5 nitrogen and oxygen atoms in total. The fraction of sp³-hybridized carbons (Fsp3) is 0.0909. The molecule has 0 aliphatic heterocycles. The van der Waals surface area contributed by atoms with Gasteiger partial charge in [0.25, 0.3) is 5.91 Å². The number of para-hydroxylation sites is 1. The fourth-order valence-corrected chi connectivity index (χ4v) is 3.27. The second-order valence-corrected chi connectivity index (χ2v) is 6.30. The van der Waals surface area contributed by atoms with Crippen LogP contribution in [0.3, 0.4) is 0 Å². The molecule has 134 valence electrons. The predicted molar refractivity (Wildman–Crippen MR) is 108 cm³/mol. The molecule has 0 aliphatic carbocycles. The van der Waals surface area contributed by atoms with Crippen molar-refractivity contribution < 1.29 is 9.90 Å². The zero-order valence-corrected chi connectivity index (χ0v) is 14.9. The van der Waals surface area contributed by atoms with Crippen LogP contribution in [-0.4, -0.2) is 21.8 Å². The largest absolute Gasteiger partial charge is 0.507 e. The van der Waals surface area contributed by atoms with Crippen molar-refractivity contribution in [2.24, 2.45) is 5.10 Å². The minimum absolute atomic E-state index is 0.0658. The van der Waals surface area contributed by atoms with E-state index in [1.807, 2.05) is 48.7 Å². The first kappa shape index (κ1) is 16.8. The number of benzene rings is 3. The van der Waals surface area contributed by atoms with Gasteiger partial charge in [0, 0.05) is 29.2 Å². The van der Waals surface area contributed by atoms with Crippen LogP contribution in [0.5, 0.6) is 5.75 Å². The summed E-state index contributed by atoms with van der Waals surface area (Å²) in [5, 5.41) is 17.1. The van der Waals surface area contributed by atoms with E-state index in [0.29, 0.717) is 0 Å². The van der Waals surface area contributed by atoms with E-state index < -0.39 is 5.91 Å². The van der Waals surface area contributed by atoms with Gasteiger partial charge < -0.3 is 9.67 Å². The van der Waals surface area contributed by atoms with Gasteiger partial charge in [-0.25, -0.2) is 5.43 Å². The van der Waals surface area contributed by atoms with Gasteiger partial charge in [-0.3, -0.25) is 4.79 Å². The van der Waals surface area contributed by atoms with Gasteiger partial charge in [0.1, 0.15) is 5.75 Å². The Balaban J connectivity index is 1.59. The van der Waals surface area contributed by atoms with Crippen LogP contribution in [-0.2, 0) is 6.54 Å². The van der Waals surface area contributed by atoms with Crippen molar-refractivity contribution in [1.82, 2.24) is 9.99 Å². The highest BCUT2D eigenvalue weighted by Crippen LogP contribution is 2.25. The van der Waals surface area contributed by atoms with Crippen molar-refractivity contribution in [2.75, 3.05) is 0 Å². The van der Waals surface area contributed by atoms with Crippen molar-refractivity contribution in [1.29, 1.82) is 0 Å². The Labute approximate surface area is 156 Å². The molecule has 0 saturated heterocycles. The lowest BCUT2D eigenvalue weighted by Gasteiger charge is -2.05. The van der Waals surface area contributed by atoms with E-state index in [4.69, 9.17) is 0 Å². The van der Waals surface area contributed by atoms with E-state index in [2.05, 4.69) is 28.1 Å². The van der Waals surface area contributed by atoms with Crippen LogP contribution in [0.1, 0.15) is 22.8 Å². The quantitative estimate of drug-likeness (QED) is 0.423. The number of carbonyl (C=O) groups excluding carboxylic acids is 1. The molecule has 1 amide bonds. The second-order valence-electron chi connectivity index (χ2n) is 6.30. The molecule has 27 heavy (non-hydrogen) atoms. The van der Waals surface area contributed by atoms with E-state index in [-0.39, 0.29) is 11.3 Å². The highest BCUT2D eigenvalue weighted by atomic mass is 16.3.